The zero-order valence-electron chi connectivity index (χ0n) is 16.7. The fourth-order valence-corrected chi connectivity index (χ4v) is 3.46. The largest absolute Gasteiger partial charge is 0.449 e. The van der Waals surface area contributed by atoms with Gasteiger partial charge in [-0.25, -0.2) is 9.78 Å². The molecule has 0 saturated carbocycles. The standard InChI is InChI=1S/C21H24N4O4/c1-14(19(26)24(2)11-6-10-22)29-21(28)15-8-9-16-17(13-15)23-18-7-4-3-5-12-25(18)20(16)27/h8-9,13-14H,3-7,11-12H2,1-2H3/t14-/m0/s1. The van der Waals surface area contributed by atoms with Crippen LogP contribution in [0.1, 0.15) is 48.8 Å². The van der Waals surface area contributed by atoms with Gasteiger partial charge in [-0.3, -0.25) is 14.2 Å². The van der Waals surface area contributed by atoms with Crippen molar-refractivity contribution in [2.45, 2.75) is 51.7 Å². The van der Waals surface area contributed by atoms with Crippen molar-refractivity contribution < 1.29 is 14.3 Å². The van der Waals surface area contributed by atoms with Gasteiger partial charge in [0.05, 0.1) is 29.0 Å². The maximum Gasteiger partial charge on any atom is 0.338 e. The van der Waals surface area contributed by atoms with Crippen LogP contribution in [0, 0.1) is 11.3 Å². The van der Waals surface area contributed by atoms with E-state index < -0.39 is 12.1 Å². The first-order chi connectivity index (χ1) is 13.9. The molecule has 3 rings (SSSR count). The lowest BCUT2D eigenvalue weighted by Crippen LogP contribution is -2.37. The number of nitrogens with zero attached hydrogens (tertiary/aromatic N) is 4. The predicted octanol–water partition coefficient (Wildman–Crippen LogP) is 2.04. The van der Waals surface area contributed by atoms with Gasteiger partial charge in [0, 0.05) is 26.6 Å². The fraction of sp³-hybridized carbons (Fsp3) is 0.476. The Bertz CT molecular complexity index is 1040. The predicted molar refractivity (Wildman–Crippen MR) is 106 cm³/mol. The number of aryl methyl sites for hydroxylation is 1. The molecule has 0 unspecified atom stereocenters. The summed E-state index contributed by atoms with van der Waals surface area (Å²) in [6, 6.07) is 6.62. The van der Waals surface area contributed by atoms with Gasteiger partial charge in [0.2, 0.25) is 0 Å². The maximum absolute atomic E-state index is 12.8. The van der Waals surface area contributed by atoms with Gasteiger partial charge >= 0.3 is 5.97 Å². The second-order valence-corrected chi connectivity index (χ2v) is 7.24. The molecule has 152 valence electrons. The third kappa shape index (κ3) is 4.45. The normalized spacial score (nSPS) is 14.4. The number of hydrogen-bond donors (Lipinski definition) is 0. The van der Waals surface area contributed by atoms with E-state index in [9.17, 15) is 14.4 Å². The molecule has 1 aliphatic rings. The van der Waals surface area contributed by atoms with Crippen molar-refractivity contribution in [3.63, 3.8) is 0 Å². The van der Waals surface area contributed by atoms with E-state index in [1.165, 1.54) is 17.9 Å². The Hall–Kier alpha value is -3.21. The maximum atomic E-state index is 12.8. The first-order valence-electron chi connectivity index (χ1n) is 9.78. The lowest BCUT2D eigenvalue weighted by Gasteiger charge is -2.20. The van der Waals surface area contributed by atoms with E-state index in [0.29, 0.717) is 17.4 Å². The van der Waals surface area contributed by atoms with Crippen LogP contribution < -0.4 is 5.56 Å². The van der Waals surface area contributed by atoms with Crippen LogP contribution in [0.2, 0.25) is 0 Å². The van der Waals surface area contributed by atoms with E-state index in [4.69, 9.17) is 10.00 Å². The van der Waals surface area contributed by atoms with E-state index in [1.54, 1.807) is 23.7 Å². The fourth-order valence-electron chi connectivity index (χ4n) is 3.46. The number of fused-ring (bicyclic) bond motifs is 2. The van der Waals surface area contributed by atoms with Crippen LogP contribution in [0.25, 0.3) is 10.9 Å². The number of nitriles is 1. The van der Waals surface area contributed by atoms with Gasteiger partial charge in [-0.15, -0.1) is 0 Å². The van der Waals surface area contributed by atoms with Crippen LogP contribution in [-0.4, -0.2) is 46.0 Å². The third-order valence-electron chi connectivity index (χ3n) is 5.12. The molecule has 0 N–H and O–H groups in total. The number of amides is 1. The average Bonchev–Trinajstić information content (AvgIpc) is 2.96. The van der Waals surface area contributed by atoms with Crippen molar-refractivity contribution in [2.75, 3.05) is 13.6 Å². The van der Waals surface area contributed by atoms with Crippen molar-refractivity contribution in [3.05, 3.63) is 39.9 Å². The van der Waals surface area contributed by atoms with E-state index in [1.807, 2.05) is 6.07 Å². The number of hydrogen-bond acceptors (Lipinski definition) is 6. The third-order valence-corrected chi connectivity index (χ3v) is 5.12. The van der Waals surface area contributed by atoms with Crippen molar-refractivity contribution in [2.24, 2.45) is 0 Å². The summed E-state index contributed by atoms with van der Waals surface area (Å²) in [5.74, 6) is -0.289. The van der Waals surface area contributed by atoms with Crippen LogP contribution in [0.3, 0.4) is 0 Å². The number of carbonyl (C=O) groups is 2. The van der Waals surface area contributed by atoms with E-state index in [-0.39, 0.29) is 30.0 Å². The molecule has 1 aromatic carbocycles. The Kier molecular flexibility index (Phi) is 6.27. The monoisotopic (exact) mass is 396 g/mol. The molecule has 1 aromatic heterocycles. The second kappa shape index (κ2) is 8.86. The van der Waals surface area contributed by atoms with Gasteiger partial charge in [0.15, 0.2) is 6.10 Å². The highest BCUT2D eigenvalue weighted by Gasteiger charge is 2.23. The summed E-state index contributed by atoms with van der Waals surface area (Å²) in [6.45, 7) is 2.43. The van der Waals surface area contributed by atoms with Gasteiger partial charge in [-0.2, -0.15) is 5.26 Å². The average molecular weight is 396 g/mol. The number of carbonyl (C=O) groups excluding carboxylic acids is 2. The summed E-state index contributed by atoms with van der Waals surface area (Å²) in [5.41, 5.74) is 0.611. The van der Waals surface area contributed by atoms with Crippen molar-refractivity contribution in [1.82, 2.24) is 14.5 Å². The summed E-state index contributed by atoms with van der Waals surface area (Å²) < 4.78 is 7.01. The van der Waals surface area contributed by atoms with Gasteiger partial charge in [-0.1, -0.05) is 6.42 Å². The van der Waals surface area contributed by atoms with Crippen molar-refractivity contribution in [1.29, 1.82) is 5.26 Å². The van der Waals surface area contributed by atoms with Gasteiger partial charge in [0.25, 0.3) is 11.5 Å². The summed E-state index contributed by atoms with van der Waals surface area (Å²) >= 11 is 0. The van der Waals surface area contributed by atoms with E-state index in [2.05, 4.69) is 4.98 Å². The molecule has 0 radical (unpaired) electrons. The van der Waals surface area contributed by atoms with Gasteiger partial charge in [0.1, 0.15) is 5.82 Å². The Balaban J connectivity index is 1.81. The van der Waals surface area contributed by atoms with Crippen molar-refractivity contribution in [3.8, 4) is 6.07 Å². The number of ether oxygens (including phenoxy) is 1. The highest BCUT2D eigenvalue weighted by Crippen LogP contribution is 2.17. The van der Waals surface area contributed by atoms with Gasteiger partial charge in [-0.05, 0) is 38.0 Å². The molecule has 1 aliphatic heterocycles. The Morgan fingerprint density at radius 1 is 1.34 bits per heavy atom. The van der Waals surface area contributed by atoms with Crippen molar-refractivity contribution >= 4 is 22.8 Å². The Morgan fingerprint density at radius 3 is 2.90 bits per heavy atom. The summed E-state index contributed by atoms with van der Waals surface area (Å²) in [5, 5.41) is 9.09. The van der Waals surface area contributed by atoms with E-state index in [0.717, 1.165) is 31.5 Å². The smallest absolute Gasteiger partial charge is 0.338 e. The van der Waals surface area contributed by atoms with Crippen LogP contribution >= 0.6 is 0 Å². The number of rotatable bonds is 5. The molecular weight excluding hydrogens is 372 g/mol. The van der Waals surface area contributed by atoms with Crippen LogP contribution in [0.15, 0.2) is 23.0 Å². The number of likely N-dealkylation sites (N-methyl/N-ethyl adjacent to an activating group) is 1. The molecule has 1 amide bonds. The van der Waals surface area contributed by atoms with Gasteiger partial charge < -0.3 is 9.64 Å². The molecule has 29 heavy (non-hydrogen) atoms. The Labute approximate surface area is 168 Å². The molecule has 0 aliphatic carbocycles. The molecule has 0 fully saturated rings. The first kappa shape index (κ1) is 20.5. The molecule has 0 saturated heterocycles. The summed E-state index contributed by atoms with van der Waals surface area (Å²) in [4.78, 5) is 43.5. The number of benzene rings is 1. The summed E-state index contributed by atoms with van der Waals surface area (Å²) in [6.07, 6.45) is 2.97. The molecule has 0 bridgehead atoms. The quantitative estimate of drug-likeness (QED) is 0.716. The molecule has 1 atom stereocenters. The minimum absolute atomic E-state index is 0.0884. The molecule has 2 aromatic rings. The SMILES string of the molecule is C[C@H](OC(=O)c1ccc2c(=O)n3c(nc2c1)CCCCC3)C(=O)N(C)CCC#N. The lowest BCUT2D eigenvalue weighted by atomic mass is 10.1. The Morgan fingerprint density at radius 2 is 2.14 bits per heavy atom. The molecule has 0 spiro atoms. The highest BCUT2D eigenvalue weighted by atomic mass is 16.5. The molecule has 8 heteroatoms. The zero-order chi connectivity index (χ0) is 21.0. The van der Waals surface area contributed by atoms with Crippen LogP contribution in [0.4, 0.5) is 0 Å². The molecule has 8 nitrogen and oxygen atoms in total. The minimum atomic E-state index is -0.979. The topological polar surface area (TPSA) is 105 Å². The summed E-state index contributed by atoms with van der Waals surface area (Å²) in [7, 11) is 1.56. The van der Waals surface area contributed by atoms with Crippen LogP contribution in [0.5, 0.6) is 0 Å². The van der Waals surface area contributed by atoms with Crippen LogP contribution in [-0.2, 0) is 22.5 Å². The number of aromatic nitrogens is 2. The molecule has 2 heterocycles. The second-order valence-electron chi connectivity index (χ2n) is 7.24. The minimum Gasteiger partial charge on any atom is -0.449 e. The highest BCUT2D eigenvalue weighted by molar-refractivity contribution is 5.95. The van der Waals surface area contributed by atoms with E-state index >= 15 is 0 Å². The molecular formula is C21H24N4O4. The number of esters is 1. The zero-order valence-corrected chi connectivity index (χ0v) is 16.7. The lowest BCUT2D eigenvalue weighted by molar-refractivity contribution is -0.138. The first-order valence-corrected chi connectivity index (χ1v) is 9.78.